The summed E-state index contributed by atoms with van der Waals surface area (Å²) in [6.07, 6.45) is 3.59. The van der Waals surface area contributed by atoms with Crippen molar-refractivity contribution in [1.29, 1.82) is 0 Å². The van der Waals surface area contributed by atoms with Crippen molar-refractivity contribution in [2.24, 2.45) is 0 Å². The highest BCUT2D eigenvalue weighted by Crippen LogP contribution is 2.24. The molecule has 17 heavy (non-hydrogen) atoms. The van der Waals surface area contributed by atoms with E-state index in [1.54, 1.807) is 13.2 Å². The number of nitrogens with one attached hydrogen (secondary N) is 1. The molecule has 1 aromatic heterocycles. The fourth-order valence-electron chi connectivity index (χ4n) is 2.02. The lowest BCUT2D eigenvalue weighted by Gasteiger charge is -2.23. The zero-order valence-corrected chi connectivity index (χ0v) is 11.5. The molecule has 1 amide bonds. The topological polar surface area (TPSA) is 58.1 Å². The summed E-state index contributed by atoms with van der Waals surface area (Å²) in [5.41, 5.74) is 0.887. The Labute approximate surface area is 109 Å². The molecular weight excluding hydrogens is 284 g/mol. The third kappa shape index (κ3) is 2.41. The van der Waals surface area contributed by atoms with Crippen LogP contribution in [-0.4, -0.2) is 35.5 Å². The number of anilines is 1. The standard InChI is InChI=1S/C11H15BrN4O/c1-7-8(12)6-14-11(15-7)16-5-3-4-9(16)10(17)13-2/h6,9H,3-5H2,1-2H3,(H,13,17). The van der Waals surface area contributed by atoms with Gasteiger partial charge in [-0.2, -0.15) is 0 Å². The Morgan fingerprint density at radius 1 is 1.65 bits per heavy atom. The molecule has 0 bridgehead atoms. The number of carbonyl (C=O) groups excluding carboxylic acids is 1. The highest BCUT2D eigenvalue weighted by Gasteiger charge is 2.31. The summed E-state index contributed by atoms with van der Waals surface area (Å²) in [4.78, 5) is 22.4. The van der Waals surface area contributed by atoms with Gasteiger partial charge in [-0.1, -0.05) is 0 Å². The summed E-state index contributed by atoms with van der Waals surface area (Å²) < 4.78 is 0.886. The molecule has 92 valence electrons. The van der Waals surface area contributed by atoms with E-state index in [0.717, 1.165) is 29.6 Å². The molecule has 1 aliphatic heterocycles. The molecule has 2 heterocycles. The lowest BCUT2D eigenvalue weighted by molar-refractivity contribution is -0.121. The fraction of sp³-hybridized carbons (Fsp3) is 0.545. The third-order valence-electron chi connectivity index (χ3n) is 2.97. The molecule has 1 N–H and O–H groups in total. The van der Waals surface area contributed by atoms with Crippen molar-refractivity contribution in [2.45, 2.75) is 25.8 Å². The van der Waals surface area contributed by atoms with E-state index >= 15 is 0 Å². The van der Waals surface area contributed by atoms with Crippen LogP contribution in [0.2, 0.25) is 0 Å². The van der Waals surface area contributed by atoms with Crippen molar-refractivity contribution in [1.82, 2.24) is 15.3 Å². The molecule has 1 aromatic rings. The van der Waals surface area contributed by atoms with Gasteiger partial charge in [0.05, 0.1) is 10.2 Å². The second-order valence-electron chi connectivity index (χ2n) is 4.07. The first-order valence-corrected chi connectivity index (χ1v) is 6.40. The quantitative estimate of drug-likeness (QED) is 0.893. The molecule has 1 aliphatic rings. The lowest BCUT2D eigenvalue weighted by atomic mass is 10.2. The molecule has 5 nitrogen and oxygen atoms in total. The first-order chi connectivity index (χ1) is 8.13. The van der Waals surface area contributed by atoms with E-state index in [9.17, 15) is 4.79 Å². The maximum atomic E-state index is 11.7. The minimum absolute atomic E-state index is 0.0340. The van der Waals surface area contributed by atoms with Crippen molar-refractivity contribution < 1.29 is 4.79 Å². The first kappa shape index (κ1) is 12.3. The lowest BCUT2D eigenvalue weighted by Crippen LogP contribution is -2.42. The van der Waals surface area contributed by atoms with E-state index in [1.807, 2.05) is 11.8 Å². The zero-order valence-electron chi connectivity index (χ0n) is 9.90. The molecular formula is C11H15BrN4O. The van der Waals surface area contributed by atoms with Crippen LogP contribution in [0.4, 0.5) is 5.95 Å². The van der Waals surface area contributed by atoms with Crippen LogP contribution in [0.1, 0.15) is 18.5 Å². The number of aromatic nitrogens is 2. The third-order valence-corrected chi connectivity index (χ3v) is 3.74. The van der Waals surface area contributed by atoms with Gasteiger partial charge in [-0.25, -0.2) is 9.97 Å². The average Bonchev–Trinajstić information content (AvgIpc) is 2.80. The Bertz CT molecular complexity index is 437. The van der Waals surface area contributed by atoms with Gasteiger partial charge in [0.25, 0.3) is 0 Å². The second kappa shape index (κ2) is 5.00. The molecule has 1 atom stereocenters. The van der Waals surface area contributed by atoms with Crippen LogP contribution in [0, 0.1) is 6.92 Å². The molecule has 0 aromatic carbocycles. The molecule has 1 fully saturated rings. The molecule has 0 saturated carbocycles. The van der Waals surface area contributed by atoms with E-state index in [2.05, 4.69) is 31.2 Å². The Hall–Kier alpha value is -1.17. The predicted octanol–water partition coefficient (Wildman–Crippen LogP) is 1.26. The summed E-state index contributed by atoms with van der Waals surface area (Å²) in [5, 5.41) is 2.69. The zero-order chi connectivity index (χ0) is 12.4. The molecule has 1 saturated heterocycles. The summed E-state index contributed by atoms with van der Waals surface area (Å²) in [7, 11) is 1.66. The second-order valence-corrected chi connectivity index (χ2v) is 4.92. The number of aryl methyl sites for hydroxylation is 1. The van der Waals surface area contributed by atoms with Crippen molar-refractivity contribution in [2.75, 3.05) is 18.5 Å². The maximum Gasteiger partial charge on any atom is 0.242 e. The van der Waals surface area contributed by atoms with Crippen LogP contribution in [0.15, 0.2) is 10.7 Å². The number of rotatable bonds is 2. The van der Waals surface area contributed by atoms with Crippen molar-refractivity contribution in [3.8, 4) is 0 Å². The Morgan fingerprint density at radius 3 is 3.06 bits per heavy atom. The molecule has 1 unspecified atom stereocenters. The highest BCUT2D eigenvalue weighted by molar-refractivity contribution is 9.10. The van der Waals surface area contributed by atoms with Crippen LogP contribution >= 0.6 is 15.9 Å². The number of carbonyl (C=O) groups is 1. The molecule has 2 rings (SSSR count). The SMILES string of the molecule is CNC(=O)C1CCCN1c1ncc(Br)c(C)n1. The number of nitrogens with zero attached hydrogens (tertiary/aromatic N) is 3. The van der Waals surface area contributed by atoms with E-state index in [4.69, 9.17) is 0 Å². The first-order valence-electron chi connectivity index (χ1n) is 5.61. The van der Waals surface area contributed by atoms with Crippen LogP contribution in [0.5, 0.6) is 0 Å². The number of likely N-dealkylation sites (N-methyl/N-ethyl adjacent to an activating group) is 1. The van der Waals surface area contributed by atoms with Gasteiger partial charge in [-0.15, -0.1) is 0 Å². The van der Waals surface area contributed by atoms with Crippen LogP contribution < -0.4 is 10.2 Å². The Kier molecular flexibility index (Phi) is 3.61. The van der Waals surface area contributed by atoms with Gasteiger partial charge in [-0.05, 0) is 35.7 Å². The Morgan fingerprint density at radius 2 is 2.41 bits per heavy atom. The van der Waals surface area contributed by atoms with E-state index < -0.39 is 0 Å². The van der Waals surface area contributed by atoms with E-state index in [0.29, 0.717) is 5.95 Å². The predicted molar refractivity (Wildman–Crippen MR) is 68.9 cm³/mol. The fourth-order valence-corrected chi connectivity index (χ4v) is 2.21. The van der Waals surface area contributed by atoms with Crippen molar-refractivity contribution in [3.05, 3.63) is 16.4 Å². The summed E-state index contributed by atoms with van der Waals surface area (Å²) in [6.45, 7) is 2.75. The molecule has 0 aliphatic carbocycles. The van der Waals surface area contributed by atoms with Gasteiger partial charge in [0.2, 0.25) is 11.9 Å². The van der Waals surface area contributed by atoms with Crippen molar-refractivity contribution >= 4 is 27.8 Å². The number of hydrogen-bond donors (Lipinski definition) is 1. The summed E-state index contributed by atoms with van der Waals surface area (Å²) >= 11 is 3.37. The number of hydrogen-bond acceptors (Lipinski definition) is 4. The maximum absolute atomic E-state index is 11.7. The molecule has 0 radical (unpaired) electrons. The smallest absolute Gasteiger partial charge is 0.242 e. The van der Waals surface area contributed by atoms with Gasteiger partial charge in [0.1, 0.15) is 6.04 Å². The number of halogens is 1. The normalized spacial score (nSPS) is 19.5. The van der Waals surface area contributed by atoms with E-state index in [1.165, 1.54) is 0 Å². The minimum Gasteiger partial charge on any atom is -0.357 e. The van der Waals surface area contributed by atoms with Gasteiger partial charge in [0.15, 0.2) is 0 Å². The number of amides is 1. The highest BCUT2D eigenvalue weighted by atomic mass is 79.9. The Balaban J connectivity index is 2.26. The average molecular weight is 299 g/mol. The van der Waals surface area contributed by atoms with Crippen LogP contribution in [0.25, 0.3) is 0 Å². The molecule has 0 spiro atoms. The van der Waals surface area contributed by atoms with Crippen LogP contribution in [-0.2, 0) is 4.79 Å². The van der Waals surface area contributed by atoms with Gasteiger partial charge in [-0.3, -0.25) is 4.79 Å². The summed E-state index contributed by atoms with van der Waals surface area (Å²) in [6, 6.07) is -0.138. The summed E-state index contributed by atoms with van der Waals surface area (Å²) in [5.74, 6) is 0.670. The van der Waals surface area contributed by atoms with Gasteiger partial charge < -0.3 is 10.2 Å². The van der Waals surface area contributed by atoms with Crippen molar-refractivity contribution in [3.63, 3.8) is 0 Å². The van der Waals surface area contributed by atoms with E-state index in [-0.39, 0.29) is 11.9 Å². The van der Waals surface area contributed by atoms with Gasteiger partial charge in [0, 0.05) is 19.8 Å². The largest absolute Gasteiger partial charge is 0.357 e. The monoisotopic (exact) mass is 298 g/mol. The minimum atomic E-state index is -0.138. The molecule has 6 heteroatoms. The van der Waals surface area contributed by atoms with Crippen LogP contribution in [0.3, 0.4) is 0 Å². The van der Waals surface area contributed by atoms with Gasteiger partial charge >= 0.3 is 0 Å².